The molecule has 1 aromatic carbocycles. The van der Waals surface area contributed by atoms with Crippen molar-refractivity contribution in [1.82, 2.24) is 9.97 Å². The zero-order chi connectivity index (χ0) is 13.0. The van der Waals surface area contributed by atoms with Crippen molar-refractivity contribution in [1.29, 1.82) is 0 Å². The molecule has 0 bridgehead atoms. The first kappa shape index (κ1) is 12.7. The lowest BCUT2D eigenvalue weighted by Crippen LogP contribution is -2.03. The van der Waals surface area contributed by atoms with Crippen LogP contribution in [0.15, 0.2) is 30.5 Å². The van der Waals surface area contributed by atoms with Crippen molar-refractivity contribution < 1.29 is 4.39 Å². The lowest BCUT2D eigenvalue weighted by Gasteiger charge is -2.12. The minimum absolute atomic E-state index is 0.255. The molecule has 0 saturated carbocycles. The van der Waals surface area contributed by atoms with Crippen LogP contribution in [0.25, 0.3) is 11.3 Å². The van der Waals surface area contributed by atoms with Gasteiger partial charge in [0.15, 0.2) is 6.33 Å². The average molecular weight is 243 g/mol. The van der Waals surface area contributed by atoms with Crippen LogP contribution in [0, 0.1) is 18.1 Å². The molecule has 1 radical (unpaired) electrons. The minimum atomic E-state index is -0.255. The molecule has 2 rings (SSSR count). The van der Waals surface area contributed by atoms with Gasteiger partial charge in [-0.05, 0) is 30.0 Å². The van der Waals surface area contributed by atoms with Crippen LogP contribution in [0.1, 0.15) is 25.8 Å². The summed E-state index contributed by atoms with van der Waals surface area (Å²) in [6.07, 6.45) is 6.22. The molecule has 0 fully saturated rings. The van der Waals surface area contributed by atoms with E-state index in [0.29, 0.717) is 17.2 Å². The van der Waals surface area contributed by atoms with Gasteiger partial charge in [-0.2, -0.15) is 0 Å². The summed E-state index contributed by atoms with van der Waals surface area (Å²) in [5.41, 5.74) is 2.16. The summed E-state index contributed by atoms with van der Waals surface area (Å²) >= 11 is 0. The molecule has 0 aliphatic carbocycles. The summed E-state index contributed by atoms with van der Waals surface area (Å²) in [6.45, 7) is 4.31. The molecule has 0 N–H and O–H groups in total. The van der Waals surface area contributed by atoms with Gasteiger partial charge in [0.05, 0.1) is 5.69 Å². The van der Waals surface area contributed by atoms with Crippen LogP contribution < -0.4 is 0 Å². The van der Waals surface area contributed by atoms with Crippen LogP contribution in [0.4, 0.5) is 4.39 Å². The predicted molar refractivity (Wildman–Crippen MR) is 69.4 cm³/mol. The molecule has 1 atom stereocenters. The van der Waals surface area contributed by atoms with Crippen molar-refractivity contribution >= 4 is 0 Å². The number of benzene rings is 1. The van der Waals surface area contributed by atoms with Crippen LogP contribution in [-0.4, -0.2) is 9.97 Å². The molecule has 1 heterocycles. The second kappa shape index (κ2) is 5.71. The predicted octanol–water partition coefficient (Wildman–Crippen LogP) is 3.67. The van der Waals surface area contributed by atoms with E-state index in [1.54, 1.807) is 18.3 Å². The monoisotopic (exact) mass is 243 g/mol. The molecule has 0 spiro atoms. The Balaban J connectivity index is 2.42. The molecule has 2 nitrogen and oxygen atoms in total. The highest BCUT2D eigenvalue weighted by molar-refractivity contribution is 5.63. The lowest BCUT2D eigenvalue weighted by atomic mass is 9.96. The van der Waals surface area contributed by atoms with Gasteiger partial charge in [-0.25, -0.2) is 14.4 Å². The molecule has 0 aliphatic heterocycles. The van der Waals surface area contributed by atoms with Crippen molar-refractivity contribution in [2.24, 2.45) is 5.92 Å². The average Bonchev–Trinajstić information content (AvgIpc) is 2.40. The van der Waals surface area contributed by atoms with Crippen LogP contribution in [0.5, 0.6) is 0 Å². The van der Waals surface area contributed by atoms with E-state index in [-0.39, 0.29) is 5.82 Å². The molecule has 0 saturated heterocycles. The number of halogens is 1. The number of aromatic nitrogens is 2. The van der Waals surface area contributed by atoms with E-state index in [9.17, 15) is 4.39 Å². The van der Waals surface area contributed by atoms with Crippen LogP contribution in [0.3, 0.4) is 0 Å². The third kappa shape index (κ3) is 2.73. The molecule has 18 heavy (non-hydrogen) atoms. The number of nitrogens with zero attached hydrogens (tertiary/aromatic N) is 2. The molecule has 93 valence electrons. The van der Waals surface area contributed by atoms with Gasteiger partial charge >= 0.3 is 0 Å². The number of hydrogen-bond acceptors (Lipinski definition) is 2. The van der Waals surface area contributed by atoms with Crippen molar-refractivity contribution in [3.8, 4) is 11.3 Å². The van der Waals surface area contributed by atoms with E-state index < -0.39 is 0 Å². The Labute approximate surface area is 107 Å². The van der Waals surface area contributed by atoms with E-state index in [2.05, 4.69) is 30.1 Å². The van der Waals surface area contributed by atoms with Crippen LogP contribution in [-0.2, 0) is 6.42 Å². The zero-order valence-corrected chi connectivity index (χ0v) is 10.7. The topological polar surface area (TPSA) is 25.8 Å². The highest BCUT2D eigenvalue weighted by Gasteiger charge is 2.12. The smallest absolute Gasteiger partial charge is 0.198 e. The molecular formula is C15H16FN2. The summed E-state index contributed by atoms with van der Waals surface area (Å²) in [4.78, 5) is 8.05. The summed E-state index contributed by atoms with van der Waals surface area (Å²) in [6, 6.07) is 6.68. The Morgan fingerprint density at radius 2 is 2.11 bits per heavy atom. The van der Waals surface area contributed by atoms with Gasteiger partial charge < -0.3 is 0 Å². The third-order valence-corrected chi connectivity index (χ3v) is 3.14. The fraction of sp³-hybridized carbons (Fsp3) is 0.333. The van der Waals surface area contributed by atoms with Crippen molar-refractivity contribution in [2.45, 2.75) is 26.7 Å². The molecule has 0 amide bonds. The van der Waals surface area contributed by atoms with Gasteiger partial charge in [-0.1, -0.05) is 32.4 Å². The van der Waals surface area contributed by atoms with E-state index in [1.807, 2.05) is 6.07 Å². The van der Waals surface area contributed by atoms with Gasteiger partial charge in [0.2, 0.25) is 0 Å². The lowest BCUT2D eigenvalue weighted by molar-refractivity contribution is 0.558. The molecule has 1 aromatic heterocycles. The number of rotatable bonds is 4. The Morgan fingerprint density at radius 1 is 1.33 bits per heavy atom. The molecule has 0 aliphatic rings. The van der Waals surface area contributed by atoms with Crippen LogP contribution in [0.2, 0.25) is 0 Å². The quantitative estimate of drug-likeness (QED) is 0.818. The standard InChI is InChI=1S/C15H16FN2/c1-3-11(2)8-12-9-17-10-18-15(12)13-6-4-5-7-14(13)16/h4-7,9,11H,3,8H2,1-2H3. The molecule has 1 unspecified atom stereocenters. The van der Waals surface area contributed by atoms with Gasteiger partial charge in [0.25, 0.3) is 0 Å². The first-order chi connectivity index (χ1) is 8.72. The molecular weight excluding hydrogens is 227 g/mol. The van der Waals surface area contributed by atoms with Gasteiger partial charge in [0.1, 0.15) is 5.82 Å². The second-order valence-corrected chi connectivity index (χ2v) is 4.54. The summed E-state index contributed by atoms with van der Waals surface area (Å²) in [7, 11) is 0. The Bertz CT molecular complexity index is 525. The third-order valence-electron chi connectivity index (χ3n) is 3.14. The number of hydrogen-bond donors (Lipinski definition) is 0. The Morgan fingerprint density at radius 3 is 2.83 bits per heavy atom. The molecule has 2 aromatic rings. The van der Waals surface area contributed by atoms with Gasteiger partial charge in [-0.3, -0.25) is 0 Å². The maximum absolute atomic E-state index is 13.8. The first-order valence-corrected chi connectivity index (χ1v) is 6.19. The summed E-state index contributed by atoms with van der Waals surface area (Å²) < 4.78 is 13.8. The van der Waals surface area contributed by atoms with E-state index in [0.717, 1.165) is 18.4 Å². The second-order valence-electron chi connectivity index (χ2n) is 4.54. The zero-order valence-electron chi connectivity index (χ0n) is 10.7. The van der Waals surface area contributed by atoms with Gasteiger partial charge in [-0.15, -0.1) is 0 Å². The summed E-state index contributed by atoms with van der Waals surface area (Å²) in [5.74, 6) is 0.275. The van der Waals surface area contributed by atoms with Crippen molar-refractivity contribution in [2.75, 3.05) is 0 Å². The largest absolute Gasteiger partial charge is 0.233 e. The van der Waals surface area contributed by atoms with Gasteiger partial charge in [0, 0.05) is 11.8 Å². The Kier molecular flexibility index (Phi) is 4.03. The SMILES string of the molecule is CCC(C)Cc1cn[c]nc1-c1ccccc1F. The van der Waals surface area contributed by atoms with E-state index in [1.165, 1.54) is 6.07 Å². The fourth-order valence-electron chi connectivity index (χ4n) is 1.87. The normalized spacial score (nSPS) is 12.4. The minimum Gasteiger partial charge on any atom is -0.233 e. The highest BCUT2D eigenvalue weighted by atomic mass is 19.1. The highest BCUT2D eigenvalue weighted by Crippen LogP contribution is 2.25. The van der Waals surface area contributed by atoms with E-state index in [4.69, 9.17) is 0 Å². The first-order valence-electron chi connectivity index (χ1n) is 6.19. The fourth-order valence-corrected chi connectivity index (χ4v) is 1.87. The Hall–Kier alpha value is -1.77. The van der Waals surface area contributed by atoms with Crippen molar-refractivity contribution in [3.63, 3.8) is 0 Å². The van der Waals surface area contributed by atoms with E-state index >= 15 is 0 Å². The van der Waals surface area contributed by atoms with Crippen molar-refractivity contribution in [3.05, 3.63) is 48.2 Å². The summed E-state index contributed by atoms with van der Waals surface area (Å²) in [5, 5.41) is 0. The maximum Gasteiger partial charge on any atom is 0.198 e. The van der Waals surface area contributed by atoms with Crippen LogP contribution >= 0.6 is 0 Å². The maximum atomic E-state index is 13.8. The molecule has 3 heteroatoms.